The van der Waals surface area contributed by atoms with Gasteiger partial charge in [0.1, 0.15) is 0 Å². The Morgan fingerprint density at radius 2 is 1.77 bits per heavy atom. The molecule has 2 N–H and O–H groups in total. The summed E-state index contributed by atoms with van der Waals surface area (Å²) in [6, 6.07) is 20.1. The van der Waals surface area contributed by atoms with Gasteiger partial charge in [0.15, 0.2) is 0 Å². The Kier molecular flexibility index (Phi) is 5.61. The molecule has 0 spiro atoms. The van der Waals surface area contributed by atoms with E-state index in [1.165, 1.54) is 6.21 Å². The van der Waals surface area contributed by atoms with E-state index in [0.717, 1.165) is 16.3 Å². The number of hydrogen-bond acceptors (Lipinski definition) is 3. The second-order valence-electron chi connectivity index (χ2n) is 5.56. The minimum absolute atomic E-state index is 0.172. The molecule has 0 unspecified atom stereocenters. The average Bonchev–Trinajstić information content (AvgIpc) is 2.66. The van der Waals surface area contributed by atoms with Crippen LogP contribution >= 0.6 is 11.6 Å². The normalized spacial score (nSPS) is 10.8. The van der Waals surface area contributed by atoms with Crippen LogP contribution < -0.4 is 10.7 Å². The number of carbonyl (C=O) groups is 2. The van der Waals surface area contributed by atoms with Crippen molar-refractivity contribution in [3.8, 4) is 0 Å². The standard InChI is InChI=1S/C20H16ClN3O2/c21-16-8-3-5-14(11-16)12-23-24-19(25)13-22-20(26)18-10-4-7-15-6-1-2-9-17(15)18/h1-12H,13H2,(H,22,26)(H,24,25)/b23-12+. The summed E-state index contributed by atoms with van der Waals surface area (Å²) >= 11 is 5.87. The highest BCUT2D eigenvalue weighted by atomic mass is 35.5. The van der Waals surface area contributed by atoms with E-state index in [2.05, 4.69) is 15.8 Å². The summed E-state index contributed by atoms with van der Waals surface area (Å²) in [6.07, 6.45) is 1.48. The molecular formula is C20H16ClN3O2. The SMILES string of the molecule is O=C(CNC(=O)c1cccc2ccccc12)N/N=C/c1cccc(Cl)c1. The maximum absolute atomic E-state index is 12.4. The topological polar surface area (TPSA) is 70.6 Å². The van der Waals surface area contributed by atoms with E-state index in [9.17, 15) is 9.59 Å². The molecule has 0 heterocycles. The lowest BCUT2D eigenvalue weighted by Crippen LogP contribution is -2.35. The molecule has 3 aromatic rings. The Bertz CT molecular complexity index is 980. The first kappa shape index (κ1) is 17.6. The molecule has 0 aliphatic heterocycles. The van der Waals surface area contributed by atoms with E-state index >= 15 is 0 Å². The fraction of sp³-hybridized carbons (Fsp3) is 0.0500. The fourth-order valence-electron chi connectivity index (χ4n) is 2.48. The third-order valence-corrected chi connectivity index (χ3v) is 3.93. The van der Waals surface area contributed by atoms with Gasteiger partial charge in [0.25, 0.3) is 11.8 Å². The van der Waals surface area contributed by atoms with Gasteiger partial charge in [-0.2, -0.15) is 5.10 Å². The highest BCUT2D eigenvalue weighted by molar-refractivity contribution is 6.30. The van der Waals surface area contributed by atoms with Crippen molar-refractivity contribution in [3.63, 3.8) is 0 Å². The molecule has 130 valence electrons. The van der Waals surface area contributed by atoms with Gasteiger partial charge in [0.05, 0.1) is 12.8 Å². The number of amides is 2. The quantitative estimate of drug-likeness (QED) is 0.537. The predicted molar refractivity (Wildman–Crippen MR) is 103 cm³/mol. The van der Waals surface area contributed by atoms with Crippen molar-refractivity contribution < 1.29 is 9.59 Å². The van der Waals surface area contributed by atoms with Crippen molar-refractivity contribution in [1.29, 1.82) is 0 Å². The van der Waals surface area contributed by atoms with E-state index in [1.54, 1.807) is 24.3 Å². The van der Waals surface area contributed by atoms with Crippen LogP contribution in [0.15, 0.2) is 71.8 Å². The molecule has 0 saturated heterocycles. The van der Waals surface area contributed by atoms with Crippen LogP contribution in [0.4, 0.5) is 0 Å². The van der Waals surface area contributed by atoms with Crippen LogP contribution in [0.2, 0.25) is 5.02 Å². The third-order valence-electron chi connectivity index (χ3n) is 3.70. The Labute approximate surface area is 155 Å². The molecule has 0 aromatic heterocycles. The summed E-state index contributed by atoms with van der Waals surface area (Å²) < 4.78 is 0. The summed E-state index contributed by atoms with van der Waals surface area (Å²) in [5.41, 5.74) is 3.66. The van der Waals surface area contributed by atoms with Crippen LogP contribution in [0.25, 0.3) is 10.8 Å². The van der Waals surface area contributed by atoms with Crippen LogP contribution in [0.1, 0.15) is 15.9 Å². The molecule has 0 saturated carbocycles. The molecule has 0 fully saturated rings. The highest BCUT2D eigenvalue weighted by Gasteiger charge is 2.10. The van der Waals surface area contributed by atoms with Crippen LogP contribution in [-0.4, -0.2) is 24.6 Å². The first-order chi connectivity index (χ1) is 12.6. The van der Waals surface area contributed by atoms with Crippen LogP contribution in [0.5, 0.6) is 0 Å². The maximum atomic E-state index is 12.4. The van der Waals surface area contributed by atoms with Gasteiger partial charge in [0.2, 0.25) is 0 Å². The zero-order chi connectivity index (χ0) is 18.4. The molecule has 2 amide bonds. The fourth-order valence-corrected chi connectivity index (χ4v) is 2.68. The maximum Gasteiger partial charge on any atom is 0.259 e. The van der Waals surface area contributed by atoms with Crippen LogP contribution in [0.3, 0.4) is 0 Å². The van der Waals surface area contributed by atoms with Gasteiger partial charge in [-0.3, -0.25) is 9.59 Å². The molecule has 3 rings (SSSR count). The Balaban J connectivity index is 1.56. The van der Waals surface area contributed by atoms with Gasteiger partial charge < -0.3 is 5.32 Å². The van der Waals surface area contributed by atoms with E-state index in [1.807, 2.05) is 42.5 Å². The number of rotatable bonds is 5. The number of halogens is 1. The predicted octanol–water partition coefficient (Wildman–Crippen LogP) is 3.37. The van der Waals surface area contributed by atoms with Gasteiger partial charge in [-0.25, -0.2) is 5.43 Å². The summed E-state index contributed by atoms with van der Waals surface area (Å²) in [5.74, 6) is -0.729. The van der Waals surface area contributed by atoms with Crippen molar-refractivity contribution in [2.24, 2.45) is 5.10 Å². The smallest absolute Gasteiger partial charge is 0.259 e. The molecule has 0 aliphatic rings. The van der Waals surface area contributed by atoms with E-state index < -0.39 is 5.91 Å². The van der Waals surface area contributed by atoms with Gasteiger partial charge in [-0.1, -0.05) is 60.1 Å². The van der Waals surface area contributed by atoms with E-state index in [0.29, 0.717) is 10.6 Å². The number of hydrazone groups is 1. The van der Waals surface area contributed by atoms with Gasteiger partial charge in [-0.15, -0.1) is 0 Å². The van der Waals surface area contributed by atoms with E-state index in [-0.39, 0.29) is 12.5 Å². The number of nitrogens with one attached hydrogen (secondary N) is 2. The minimum Gasteiger partial charge on any atom is -0.343 e. The van der Waals surface area contributed by atoms with Crippen molar-refractivity contribution >= 4 is 40.4 Å². The zero-order valence-corrected chi connectivity index (χ0v) is 14.5. The molecular weight excluding hydrogens is 350 g/mol. The average molecular weight is 366 g/mol. The van der Waals surface area contributed by atoms with Crippen molar-refractivity contribution in [1.82, 2.24) is 10.7 Å². The second kappa shape index (κ2) is 8.27. The third kappa shape index (κ3) is 4.46. The molecule has 26 heavy (non-hydrogen) atoms. The van der Waals surface area contributed by atoms with Crippen molar-refractivity contribution in [2.45, 2.75) is 0 Å². The summed E-state index contributed by atoms with van der Waals surface area (Å²) in [5, 5.41) is 8.85. The molecule has 5 nitrogen and oxygen atoms in total. The first-order valence-electron chi connectivity index (χ1n) is 7.97. The summed E-state index contributed by atoms with van der Waals surface area (Å²) in [6.45, 7) is -0.172. The molecule has 0 radical (unpaired) electrons. The van der Waals surface area contributed by atoms with Gasteiger partial charge in [-0.05, 0) is 34.5 Å². The largest absolute Gasteiger partial charge is 0.343 e. The Morgan fingerprint density at radius 1 is 1.00 bits per heavy atom. The number of nitrogens with zero attached hydrogens (tertiary/aromatic N) is 1. The lowest BCUT2D eigenvalue weighted by atomic mass is 10.0. The molecule has 0 aliphatic carbocycles. The highest BCUT2D eigenvalue weighted by Crippen LogP contribution is 2.18. The second-order valence-corrected chi connectivity index (χ2v) is 5.99. The lowest BCUT2D eigenvalue weighted by Gasteiger charge is -2.07. The number of carbonyl (C=O) groups excluding carboxylic acids is 2. The summed E-state index contributed by atoms with van der Waals surface area (Å²) in [7, 11) is 0. The monoisotopic (exact) mass is 365 g/mol. The lowest BCUT2D eigenvalue weighted by molar-refractivity contribution is -0.120. The van der Waals surface area contributed by atoms with Crippen molar-refractivity contribution in [3.05, 3.63) is 82.9 Å². The summed E-state index contributed by atoms with van der Waals surface area (Å²) in [4.78, 5) is 24.2. The molecule has 3 aromatic carbocycles. The molecule has 6 heteroatoms. The van der Waals surface area contributed by atoms with Crippen LogP contribution in [0, 0.1) is 0 Å². The van der Waals surface area contributed by atoms with Crippen LogP contribution in [-0.2, 0) is 4.79 Å². The van der Waals surface area contributed by atoms with Gasteiger partial charge in [0, 0.05) is 10.6 Å². The Hall–Kier alpha value is -3.18. The van der Waals surface area contributed by atoms with E-state index in [4.69, 9.17) is 11.6 Å². The Morgan fingerprint density at radius 3 is 2.62 bits per heavy atom. The number of fused-ring (bicyclic) bond motifs is 1. The van der Waals surface area contributed by atoms with Crippen molar-refractivity contribution in [2.75, 3.05) is 6.54 Å². The van der Waals surface area contributed by atoms with Gasteiger partial charge >= 0.3 is 0 Å². The first-order valence-corrected chi connectivity index (χ1v) is 8.35. The zero-order valence-electron chi connectivity index (χ0n) is 13.8. The molecule has 0 atom stereocenters. The minimum atomic E-state index is -0.420. The molecule has 0 bridgehead atoms. The number of hydrogen-bond donors (Lipinski definition) is 2. The number of benzene rings is 3.